The number of hydrogen-bond donors (Lipinski definition) is 0. The molecule has 0 spiro atoms. The van der Waals surface area contributed by atoms with Crippen LogP contribution in [0.1, 0.15) is 12.8 Å². The van der Waals surface area contributed by atoms with Crippen molar-refractivity contribution in [3.63, 3.8) is 0 Å². The Kier molecular flexibility index (Phi) is 4.95. The van der Waals surface area contributed by atoms with Crippen molar-refractivity contribution in [3.8, 4) is 0 Å². The highest BCUT2D eigenvalue weighted by Gasteiger charge is 2.47. The van der Waals surface area contributed by atoms with Gasteiger partial charge in [-0.2, -0.15) is 0 Å². The first-order chi connectivity index (χ1) is 12.6. The molecule has 0 aromatic heterocycles. The average molecular weight is 362 g/mol. The first kappa shape index (κ1) is 17.5. The molecule has 4 rings (SSSR count). The molecule has 0 unspecified atom stereocenters. The Hall–Kier alpha value is -1.93. The van der Waals surface area contributed by atoms with Crippen LogP contribution in [0.2, 0.25) is 0 Å². The predicted molar refractivity (Wildman–Crippen MR) is 93.0 cm³/mol. The Bertz CT molecular complexity index is 582. The predicted octanol–water partition coefficient (Wildman–Crippen LogP) is -0.0351. The van der Waals surface area contributed by atoms with Gasteiger partial charge in [-0.15, -0.1) is 0 Å². The summed E-state index contributed by atoms with van der Waals surface area (Å²) >= 11 is 0. The molecule has 4 amide bonds. The maximum Gasteiger partial charge on any atom is 0.320 e. The second-order valence-corrected chi connectivity index (χ2v) is 7.39. The largest absolute Gasteiger partial charge is 0.378 e. The van der Waals surface area contributed by atoms with Gasteiger partial charge in [-0.3, -0.25) is 19.4 Å². The molecule has 26 heavy (non-hydrogen) atoms. The molecular weight excluding hydrogens is 336 g/mol. The van der Waals surface area contributed by atoms with Crippen LogP contribution in [0.15, 0.2) is 12.2 Å². The molecule has 8 heteroatoms. The standard InChI is InChI=1S/C18H26N4O4/c23-16-14-3-1-2-4-15(14)17(24)22(16)13-19-5-7-20(8-6-19)18(25)21-9-11-26-12-10-21/h1-2,14-15H,3-13H2/t14-,15-/m0/s1. The zero-order valence-electron chi connectivity index (χ0n) is 15.0. The molecule has 0 bridgehead atoms. The molecule has 0 radical (unpaired) electrons. The van der Waals surface area contributed by atoms with Gasteiger partial charge in [-0.05, 0) is 12.8 Å². The number of carbonyl (C=O) groups is 3. The van der Waals surface area contributed by atoms with Crippen molar-refractivity contribution in [2.45, 2.75) is 12.8 Å². The maximum absolute atomic E-state index is 12.6. The summed E-state index contributed by atoms with van der Waals surface area (Å²) in [7, 11) is 0. The van der Waals surface area contributed by atoms with E-state index in [1.54, 1.807) is 0 Å². The minimum absolute atomic E-state index is 0.0313. The van der Waals surface area contributed by atoms with Gasteiger partial charge in [0.05, 0.1) is 31.7 Å². The number of urea groups is 1. The summed E-state index contributed by atoms with van der Waals surface area (Å²) in [6.45, 7) is 5.46. The lowest BCUT2D eigenvalue weighted by atomic mass is 9.85. The van der Waals surface area contributed by atoms with Crippen LogP contribution >= 0.6 is 0 Å². The second-order valence-electron chi connectivity index (χ2n) is 7.39. The van der Waals surface area contributed by atoms with E-state index >= 15 is 0 Å². The number of piperazine rings is 1. The molecule has 3 heterocycles. The Balaban J connectivity index is 1.29. The molecule has 0 N–H and O–H groups in total. The van der Waals surface area contributed by atoms with Gasteiger partial charge >= 0.3 is 6.03 Å². The number of likely N-dealkylation sites (tertiary alicyclic amines) is 1. The minimum atomic E-state index is -0.170. The number of amides is 4. The quantitative estimate of drug-likeness (QED) is 0.509. The lowest BCUT2D eigenvalue weighted by Crippen LogP contribution is -2.56. The van der Waals surface area contributed by atoms with E-state index in [0.29, 0.717) is 72.0 Å². The third-order valence-corrected chi connectivity index (χ3v) is 5.86. The zero-order valence-corrected chi connectivity index (χ0v) is 15.0. The Morgan fingerprint density at radius 2 is 1.42 bits per heavy atom. The SMILES string of the molecule is O=C(N1CCOCC1)N1CCN(CN2C(=O)[C@H]3CC=CC[C@@H]3C2=O)CC1. The van der Waals surface area contributed by atoms with Gasteiger partial charge < -0.3 is 14.5 Å². The van der Waals surface area contributed by atoms with Crippen molar-refractivity contribution >= 4 is 17.8 Å². The van der Waals surface area contributed by atoms with Crippen molar-refractivity contribution in [2.24, 2.45) is 11.8 Å². The molecule has 8 nitrogen and oxygen atoms in total. The van der Waals surface area contributed by atoms with E-state index < -0.39 is 0 Å². The summed E-state index contributed by atoms with van der Waals surface area (Å²) < 4.78 is 5.29. The second kappa shape index (κ2) is 7.36. The smallest absolute Gasteiger partial charge is 0.320 e. The van der Waals surface area contributed by atoms with Gasteiger partial charge in [0.1, 0.15) is 0 Å². The van der Waals surface area contributed by atoms with E-state index in [1.165, 1.54) is 4.90 Å². The highest BCUT2D eigenvalue weighted by Crippen LogP contribution is 2.35. The fourth-order valence-corrected chi connectivity index (χ4v) is 4.24. The third kappa shape index (κ3) is 3.23. The molecule has 2 atom stereocenters. The number of fused-ring (bicyclic) bond motifs is 1. The normalized spacial score (nSPS) is 30.1. The van der Waals surface area contributed by atoms with Gasteiger partial charge in [0.25, 0.3) is 0 Å². The summed E-state index contributed by atoms with van der Waals surface area (Å²) in [5, 5.41) is 0. The van der Waals surface area contributed by atoms with E-state index in [2.05, 4.69) is 4.90 Å². The Morgan fingerprint density at radius 1 is 0.885 bits per heavy atom. The number of imide groups is 1. The molecule has 3 fully saturated rings. The molecule has 142 valence electrons. The molecular formula is C18H26N4O4. The number of morpholine rings is 1. The van der Waals surface area contributed by atoms with Crippen molar-refractivity contribution in [2.75, 3.05) is 59.2 Å². The third-order valence-electron chi connectivity index (χ3n) is 5.86. The van der Waals surface area contributed by atoms with Gasteiger partial charge in [0.2, 0.25) is 11.8 Å². The monoisotopic (exact) mass is 362 g/mol. The molecule has 0 aromatic rings. The fourth-order valence-electron chi connectivity index (χ4n) is 4.24. The minimum Gasteiger partial charge on any atom is -0.378 e. The number of ether oxygens (including phenoxy) is 1. The van der Waals surface area contributed by atoms with E-state index in [9.17, 15) is 14.4 Å². The van der Waals surface area contributed by atoms with Gasteiger partial charge in [0.15, 0.2) is 0 Å². The fraction of sp³-hybridized carbons (Fsp3) is 0.722. The van der Waals surface area contributed by atoms with Gasteiger partial charge in [-0.1, -0.05) is 12.2 Å². The number of rotatable bonds is 2. The summed E-state index contributed by atoms with van der Waals surface area (Å²) in [5.74, 6) is -0.402. The van der Waals surface area contributed by atoms with Gasteiger partial charge in [0, 0.05) is 39.3 Å². The van der Waals surface area contributed by atoms with Crippen molar-refractivity contribution in [1.82, 2.24) is 19.6 Å². The summed E-state index contributed by atoms with van der Waals surface area (Å²) in [5.41, 5.74) is 0. The lowest BCUT2D eigenvalue weighted by Gasteiger charge is -2.39. The maximum atomic E-state index is 12.6. The number of carbonyl (C=O) groups excluding carboxylic acids is 3. The molecule has 0 aromatic carbocycles. The summed E-state index contributed by atoms with van der Waals surface area (Å²) in [6, 6.07) is 0.0679. The summed E-state index contributed by atoms with van der Waals surface area (Å²) in [6.07, 6.45) is 5.36. The van der Waals surface area contributed by atoms with Crippen molar-refractivity contribution in [3.05, 3.63) is 12.2 Å². The number of hydrogen-bond acceptors (Lipinski definition) is 5. The van der Waals surface area contributed by atoms with Crippen LogP contribution in [0.4, 0.5) is 4.79 Å². The highest BCUT2D eigenvalue weighted by atomic mass is 16.5. The molecule has 3 aliphatic heterocycles. The van der Waals surface area contributed by atoms with Crippen LogP contribution in [0.3, 0.4) is 0 Å². The Morgan fingerprint density at radius 3 is 2.00 bits per heavy atom. The Labute approximate surface area is 153 Å². The van der Waals surface area contributed by atoms with Crippen LogP contribution in [0, 0.1) is 11.8 Å². The first-order valence-electron chi connectivity index (χ1n) is 9.49. The first-order valence-corrected chi connectivity index (χ1v) is 9.49. The van der Waals surface area contributed by atoms with Crippen molar-refractivity contribution in [1.29, 1.82) is 0 Å². The van der Waals surface area contributed by atoms with E-state index in [4.69, 9.17) is 4.74 Å². The number of nitrogens with zero attached hydrogens (tertiary/aromatic N) is 4. The molecule has 3 saturated heterocycles. The van der Waals surface area contributed by atoms with Crippen LogP contribution in [0.5, 0.6) is 0 Å². The van der Waals surface area contributed by atoms with E-state index in [-0.39, 0.29) is 29.7 Å². The summed E-state index contributed by atoms with van der Waals surface area (Å²) in [4.78, 5) is 44.9. The van der Waals surface area contributed by atoms with Crippen LogP contribution in [-0.4, -0.2) is 96.6 Å². The van der Waals surface area contributed by atoms with Gasteiger partial charge in [-0.25, -0.2) is 4.79 Å². The number of allylic oxidation sites excluding steroid dienone is 2. The van der Waals surface area contributed by atoms with Crippen LogP contribution in [-0.2, 0) is 14.3 Å². The molecule has 4 aliphatic rings. The van der Waals surface area contributed by atoms with E-state index in [1.807, 2.05) is 22.0 Å². The van der Waals surface area contributed by atoms with Crippen LogP contribution in [0.25, 0.3) is 0 Å². The highest BCUT2D eigenvalue weighted by molar-refractivity contribution is 6.05. The topological polar surface area (TPSA) is 73.4 Å². The average Bonchev–Trinajstić information content (AvgIpc) is 2.94. The molecule has 0 saturated carbocycles. The zero-order chi connectivity index (χ0) is 18.1. The van der Waals surface area contributed by atoms with Crippen LogP contribution < -0.4 is 0 Å². The lowest BCUT2D eigenvalue weighted by molar-refractivity contribution is -0.142. The van der Waals surface area contributed by atoms with E-state index in [0.717, 1.165) is 0 Å². The van der Waals surface area contributed by atoms with Crippen molar-refractivity contribution < 1.29 is 19.1 Å². The molecule has 1 aliphatic carbocycles.